The average molecular weight is 543 g/mol. The smallest absolute Gasteiger partial charge is 0.411 e. The molecule has 0 bridgehead atoms. The van der Waals surface area contributed by atoms with Crippen LogP contribution >= 0.6 is 0 Å². The number of benzene rings is 2. The minimum atomic E-state index is -0.570. The molecular formula is C30H34N6O4. The molecule has 40 heavy (non-hydrogen) atoms. The summed E-state index contributed by atoms with van der Waals surface area (Å²) in [5, 5.41) is 11.1. The van der Waals surface area contributed by atoms with Gasteiger partial charge in [-0.2, -0.15) is 5.10 Å². The maximum atomic E-state index is 13.2. The lowest BCUT2D eigenvalue weighted by Crippen LogP contribution is -2.31. The first kappa shape index (κ1) is 27.1. The maximum Gasteiger partial charge on any atom is 0.411 e. The third kappa shape index (κ3) is 5.48. The largest absolute Gasteiger partial charge is 0.496 e. The van der Waals surface area contributed by atoms with Crippen molar-refractivity contribution in [2.24, 2.45) is 0 Å². The van der Waals surface area contributed by atoms with Crippen LogP contribution in [0.3, 0.4) is 0 Å². The number of aromatic amines is 1. The summed E-state index contributed by atoms with van der Waals surface area (Å²) in [4.78, 5) is 34.3. The Bertz CT molecular complexity index is 1550. The van der Waals surface area contributed by atoms with Gasteiger partial charge in [-0.1, -0.05) is 18.2 Å². The van der Waals surface area contributed by atoms with Gasteiger partial charge in [-0.15, -0.1) is 0 Å². The fraction of sp³-hybridized carbons (Fsp3) is 0.333. The number of aromatic nitrogens is 3. The lowest BCUT2D eigenvalue weighted by molar-refractivity contribution is 0.0828. The first-order valence-corrected chi connectivity index (χ1v) is 13.3. The number of ether oxygens (including phenoxy) is 2. The molecule has 1 unspecified atom stereocenters. The number of hydrogen-bond acceptors (Lipinski definition) is 7. The van der Waals surface area contributed by atoms with Gasteiger partial charge in [0.05, 0.1) is 18.4 Å². The van der Waals surface area contributed by atoms with Crippen LogP contribution in [0.2, 0.25) is 0 Å². The molecule has 0 saturated carbocycles. The van der Waals surface area contributed by atoms with E-state index < -0.39 is 6.09 Å². The standard InChI is InChI=1S/C30H34N6O4/c1-18(2)36-13-12-21(17-36)40-30(38)32-25-11-10-19(14-23(25)29(37)35(3)4)20-15-24-27(33-34-28(24)31-16-20)22-8-6-7-9-26(22)39-5/h6-11,14-16,18,21H,12-13,17H2,1-5H3,(H,32,38)(H,31,33,34). The lowest BCUT2D eigenvalue weighted by Gasteiger charge is -2.20. The first-order chi connectivity index (χ1) is 19.2. The molecule has 1 aliphatic heterocycles. The SMILES string of the molecule is COc1ccccc1-c1n[nH]c2ncc(-c3ccc(NC(=O)OC4CCN(C(C)C)C4)c(C(=O)N(C)C)c3)cc12. The number of likely N-dealkylation sites (tertiary alicyclic amines) is 1. The van der Waals surface area contributed by atoms with Gasteiger partial charge < -0.3 is 14.4 Å². The Morgan fingerprint density at radius 2 is 1.93 bits per heavy atom. The number of H-pyrrole nitrogens is 1. The highest BCUT2D eigenvalue weighted by molar-refractivity contribution is 6.04. The van der Waals surface area contributed by atoms with Crippen LogP contribution in [-0.4, -0.2) is 83.4 Å². The number of carbonyl (C=O) groups is 2. The number of rotatable bonds is 7. The van der Waals surface area contributed by atoms with Gasteiger partial charge >= 0.3 is 6.09 Å². The van der Waals surface area contributed by atoms with E-state index >= 15 is 0 Å². The number of nitrogens with zero attached hydrogens (tertiary/aromatic N) is 4. The molecule has 0 spiro atoms. The molecule has 2 N–H and O–H groups in total. The second kappa shape index (κ2) is 11.4. The number of para-hydroxylation sites is 1. The predicted octanol–water partition coefficient (Wildman–Crippen LogP) is 5.03. The highest BCUT2D eigenvalue weighted by Gasteiger charge is 2.27. The third-order valence-corrected chi connectivity index (χ3v) is 7.19. The molecule has 1 atom stereocenters. The van der Waals surface area contributed by atoms with Crippen molar-refractivity contribution >= 4 is 28.7 Å². The summed E-state index contributed by atoms with van der Waals surface area (Å²) >= 11 is 0. The fourth-order valence-electron chi connectivity index (χ4n) is 4.97. The Kier molecular flexibility index (Phi) is 7.70. The van der Waals surface area contributed by atoms with Crippen LogP contribution in [0.4, 0.5) is 10.5 Å². The maximum absolute atomic E-state index is 13.2. The summed E-state index contributed by atoms with van der Waals surface area (Å²) in [6.07, 6.45) is 1.76. The van der Waals surface area contributed by atoms with Crippen molar-refractivity contribution in [3.05, 3.63) is 60.3 Å². The summed E-state index contributed by atoms with van der Waals surface area (Å²) in [7, 11) is 4.98. The topological polar surface area (TPSA) is 113 Å². The van der Waals surface area contributed by atoms with E-state index in [1.807, 2.05) is 36.4 Å². The van der Waals surface area contributed by atoms with E-state index in [1.54, 1.807) is 39.5 Å². The molecule has 0 aliphatic carbocycles. The van der Waals surface area contributed by atoms with E-state index in [0.29, 0.717) is 35.2 Å². The molecule has 1 aliphatic rings. The Hall–Kier alpha value is -4.44. The number of nitrogens with one attached hydrogen (secondary N) is 2. The van der Waals surface area contributed by atoms with E-state index in [4.69, 9.17) is 9.47 Å². The molecule has 4 aromatic rings. The van der Waals surface area contributed by atoms with Crippen molar-refractivity contribution < 1.29 is 19.1 Å². The molecule has 2 amide bonds. The van der Waals surface area contributed by atoms with Crippen molar-refractivity contribution in [2.75, 3.05) is 39.6 Å². The Labute approximate surface area is 233 Å². The van der Waals surface area contributed by atoms with Gasteiger partial charge in [0.15, 0.2) is 5.65 Å². The molecule has 2 aromatic heterocycles. The van der Waals surface area contributed by atoms with E-state index in [-0.39, 0.29) is 12.0 Å². The molecule has 3 heterocycles. The number of amides is 2. The van der Waals surface area contributed by atoms with Crippen LogP contribution in [-0.2, 0) is 4.74 Å². The molecule has 208 valence electrons. The van der Waals surface area contributed by atoms with Crippen LogP contribution in [0.15, 0.2) is 54.7 Å². The number of hydrogen-bond donors (Lipinski definition) is 2. The van der Waals surface area contributed by atoms with E-state index in [2.05, 4.69) is 39.2 Å². The van der Waals surface area contributed by atoms with E-state index in [0.717, 1.165) is 40.7 Å². The average Bonchev–Trinajstić information content (AvgIpc) is 3.59. The van der Waals surface area contributed by atoms with Crippen molar-refractivity contribution in [2.45, 2.75) is 32.4 Å². The predicted molar refractivity (Wildman–Crippen MR) is 155 cm³/mol. The number of fused-ring (bicyclic) bond motifs is 1. The summed E-state index contributed by atoms with van der Waals surface area (Å²) in [5.41, 5.74) is 4.51. The Balaban J connectivity index is 1.45. The second-order valence-electron chi connectivity index (χ2n) is 10.4. The van der Waals surface area contributed by atoms with Crippen molar-refractivity contribution in [1.29, 1.82) is 0 Å². The van der Waals surface area contributed by atoms with Gasteiger partial charge in [0.2, 0.25) is 0 Å². The van der Waals surface area contributed by atoms with Gasteiger partial charge in [0.1, 0.15) is 17.5 Å². The van der Waals surface area contributed by atoms with Gasteiger partial charge in [-0.25, -0.2) is 9.78 Å². The molecule has 10 heteroatoms. The van der Waals surface area contributed by atoms with Crippen LogP contribution < -0.4 is 10.1 Å². The normalized spacial score (nSPS) is 15.4. The van der Waals surface area contributed by atoms with Crippen molar-refractivity contribution in [3.8, 4) is 28.1 Å². The molecule has 2 aromatic carbocycles. The summed E-state index contributed by atoms with van der Waals surface area (Å²) < 4.78 is 11.2. The zero-order chi connectivity index (χ0) is 28.4. The van der Waals surface area contributed by atoms with Crippen LogP contribution in [0.25, 0.3) is 33.4 Å². The first-order valence-electron chi connectivity index (χ1n) is 13.3. The van der Waals surface area contributed by atoms with Crippen molar-refractivity contribution in [1.82, 2.24) is 25.0 Å². The molecule has 1 fully saturated rings. The van der Waals surface area contributed by atoms with Crippen LogP contribution in [0.5, 0.6) is 5.75 Å². The number of anilines is 1. The Morgan fingerprint density at radius 3 is 2.65 bits per heavy atom. The summed E-state index contributed by atoms with van der Waals surface area (Å²) in [5.74, 6) is 0.466. The van der Waals surface area contributed by atoms with Crippen LogP contribution in [0, 0.1) is 0 Å². The molecule has 0 radical (unpaired) electrons. The number of pyridine rings is 1. The van der Waals surface area contributed by atoms with Gasteiger partial charge in [0.25, 0.3) is 5.91 Å². The highest BCUT2D eigenvalue weighted by Crippen LogP contribution is 2.35. The number of methoxy groups -OCH3 is 1. The fourth-order valence-corrected chi connectivity index (χ4v) is 4.97. The zero-order valence-electron chi connectivity index (χ0n) is 23.4. The quantitative estimate of drug-likeness (QED) is 0.337. The molecular weight excluding hydrogens is 508 g/mol. The van der Waals surface area contributed by atoms with Gasteiger partial charge in [-0.3, -0.25) is 20.1 Å². The summed E-state index contributed by atoms with van der Waals surface area (Å²) in [6, 6.07) is 15.4. The minimum absolute atomic E-state index is 0.181. The zero-order valence-corrected chi connectivity index (χ0v) is 23.4. The van der Waals surface area contributed by atoms with E-state index in [9.17, 15) is 9.59 Å². The molecule has 10 nitrogen and oxygen atoms in total. The minimum Gasteiger partial charge on any atom is -0.496 e. The lowest BCUT2D eigenvalue weighted by atomic mass is 10.0. The Morgan fingerprint density at radius 1 is 1.12 bits per heavy atom. The number of carbonyl (C=O) groups excluding carboxylic acids is 2. The highest BCUT2D eigenvalue weighted by atomic mass is 16.6. The third-order valence-electron chi connectivity index (χ3n) is 7.19. The van der Waals surface area contributed by atoms with Gasteiger partial charge in [0, 0.05) is 55.9 Å². The molecule has 1 saturated heterocycles. The summed E-state index contributed by atoms with van der Waals surface area (Å²) in [6.45, 7) is 5.85. The van der Waals surface area contributed by atoms with Crippen molar-refractivity contribution in [3.63, 3.8) is 0 Å². The van der Waals surface area contributed by atoms with E-state index in [1.165, 1.54) is 4.90 Å². The second-order valence-corrected chi connectivity index (χ2v) is 10.4. The van der Waals surface area contributed by atoms with Crippen LogP contribution in [0.1, 0.15) is 30.6 Å². The monoisotopic (exact) mass is 542 g/mol. The molecule has 5 rings (SSSR count). The van der Waals surface area contributed by atoms with Gasteiger partial charge in [-0.05, 0) is 56.2 Å².